The van der Waals surface area contributed by atoms with Crippen LogP contribution >= 0.6 is 12.6 Å². The fourth-order valence-electron chi connectivity index (χ4n) is 0.207. The Balaban J connectivity index is 0. The molecule has 9 heavy (non-hydrogen) atoms. The Morgan fingerprint density at radius 2 is 2.22 bits per heavy atom. The van der Waals surface area contributed by atoms with Gasteiger partial charge in [0.15, 0.2) is 0 Å². The molecule has 0 aromatic heterocycles. The zero-order valence-corrected chi connectivity index (χ0v) is 5.10. The van der Waals surface area contributed by atoms with Gasteiger partial charge in [0.2, 0.25) is 5.91 Å². The normalized spacial score (nSPS) is 11.2. The summed E-state index contributed by atoms with van der Waals surface area (Å²) in [5.41, 5.74) is 4.75. The van der Waals surface area contributed by atoms with Crippen molar-refractivity contribution in [2.24, 2.45) is 5.73 Å². The second-order valence-corrected chi connectivity index (χ2v) is 1.94. The summed E-state index contributed by atoms with van der Waals surface area (Å²) in [7, 11) is 0. The maximum absolute atomic E-state index is 10.1. The molecule has 1 unspecified atom stereocenters. The first-order valence-electron chi connectivity index (χ1n) is 2.09. The fraction of sp³-hybridized carbons (Fsp3) is 0.500. The van der Waals surface area contributed by atoms with Gasteiger partial charge in [-0.2, -0.15) is 12.6 Å². The van der Waals surface area contributed by atoms with Gasteiger partial charge >= 0.3 is 29.6 Å². The summed E-state index contributed by atoms with van der Waals surface area (Å²) in [6.07, 6.45) is 0.709. The van der Waals surface area contributed by atoms with Crippen molar-refractivity contribution >= 4 is 54.4 Å². The number of carbonyl (C=O) groups is 2. The number of rotatable bonds is 3. The van der Waals surface area contributed by atoms with E-state index in [-0.39, 0.29) is 36.0 Å². The van der Waals surface area contributed by atoms with Crippen LogP contribution < -0.4 is 5.73 Å². The second-order valence-electron chi connectivity index (χ2n) is 1.32. The van der Waals surface area contributed by atoms with Crippen molar-refractivity contribution in [2.45, 2.75) is 11.7 Å². The van der Waals surface area contributed by atoms with Gasteiger partial charge in [0.25, 0.3) is 0 Å². The Morgan fingerprint density at radius 1 is 1.78 bits per heavy atom. The Kier molecular flexibility index (Phi) is 8.95. The molecular formula is C4H8NNaO2S. The minimum atomic E-state index is -0.618. The van der Waals surface area contributed by atoms with Crippen molar-refractivity contribution < 1.29 is 9.59 Å². The molecule has 3 nitrogen and oxygen atoms in total. The summed E-state index contributed by atoms with van der Waals surface area (Å²) in [4.78, 5) is 19.7. The average molecular weight is 157 g/mol. The molecule has 0 aliphatic carbocycles. The molecule has 1 atom stereocenters. The van der Waals surface area contributed by atoms with Gasteiger partial charge in [0.05, 0.1) is 5.25 Å². The monoisotopic (exact) mass is 157 g/mol. The van der Waals surface area contributed by atoms with Crippen LogP contribution in [0.15, 0.2) is 0 Å². The van der Waals surface area contributed by atoms with Crippen LogP contribution in [0.3, 0.4) is 0 Å². The predicted octanol–water partition coefficient (Wildman–Crippen LogP) is -1.29. The van der Waals surface area contributed by atoms with Gasteiger partial charge in [-0.15, -0.1) is 0 Å². The molecule has 0 aliphatic heterocycles. The van der Waals surface area contributed by atoms with Crippen molar-refractivity contribution in [1.82, 2.24) is 0 Å². The molecule has 0 saturated heterocycles. The quantitative estimate of drug-likeness (QED) is 0.304. The molecule has 0 fully saturated rings. The zero-order valence-electron chi connectivity index (χ0n) is 4.20. The van der Waals surface area contributed by atoms with Crippen molar-refractivity contribution in [2.75, 3.05) is 0 Å². The van der Waals surface area contributed by atoms with E-state index in [0.717, 1.165) is 0 Å². The zero-order chi connectivity index (χ0) is 6.57. The van der Waals surface area contributed by atoms with E-state index >= 15 is 0 Å². The van der Waals surface area contributed by atoms with Crippen molar-refractivity contribution in [1.29, 1.82) is 0 Å². The average Bonchev–Trinajstić information content (AvgIpc) is 1.67. The van der Waals surface area contributed by atoms with Crippen LogP contribution in [0, 0.1) is 0 Å². The van der Waals surface area contributed by atoms with Crippen molar-refractivity contribution in [3.8, 4) is 0 Å². The predicted molar refractivity (Wildman–Crippen MR) is 39.8 cm³/mol. The molecule has 0 bridgehead atoms. The van der Waals surface area contributed by atoms with E-state index in [1.807, 2.05) is 0 Å². The van der Waals surface area contributed by atoms with Gasteiger partial charge in [-0.1, -0.05) is 0 Å². The molecule has 0 spiro atoms. The number of hydrogen-bond acceptors (Lipinski definition) is 3. The van der Waals surface area contributed by atoms with E-state index in [4.69, 9.17) is 5.73 Å². The Labute approximate surface area is 81.1 Å². The summed E-state index contributed by atoms with van der Waals surface area (Å²) >= 11 is 3.70. The van der Waals surface area contributed by atoms with E-state index in [1.165, 1.54) is 0 Å². The molecule has 0 radical (unpaired) electrons. The summed E-state index contributed by atoms with van der Waals surface area (Å²) in [5, 5.41) is -0.618. The number of amides is 1. The van der Waals surface area contributed by atoms with Crippen molar-refractivity contribution in [3.05, 3.63) is 0 Å². The van der Waals surface area contributed by atoms with Gasteiger partial charge in [0.1, 0.15) is 6.29 Å². The molecule has 48 valence electrons. The number of nitrogens with two attached hydrogens (primary N) is 1. The van der Waals surface area contributed by atoms with Gasteiger partial charge in [-0.25, -0.2) is 0 Å². The van der Waals surface area contributed by atoms with E-state index in [1.54, 1.807) is 0 Å². The van der Waals surface area contributed by atoms with Crippen LogP contribution in [0.25, 0.3) is 0 Å². The molecular weight excluding hydrogens is 149 g/mol. The minimum absolute atomic E-state index is 0. The summed E-state index contributed by atoms with van der Waals surface area (Å²) in [6, 6.07) is 0. The second kappa shape index (κ2) is 6.61. The van der Waals surface area contributed by atoms with Crippen LogP contribution in [0.5, 0.6) is 0 Å². The molecule has 2 N–H and O–H groups in total. The van der Waals surface area contributed by atoms with E-state index in [9.17, 15) is 9.59 Å². The van der Waals surface area contributed by atoms with Crippen molar-refractivity contribution in [3.63, 3.8) is 0 Å². The standard InChI is InChI=1S/C4H7NO2S.Na.H/c5-4(7)3(8)1-2-6;;/h2-3,8H,1H2,(H2,5,7);;. The molecule has 0 aromatic rings. The van der Waals surface area contributed by atoms with Crippen LogP contribution in [-0.2, 0) is 9.59 Å². The van der Waals surface area contributed by atoms with Gasteiger partial charge in [0, 0.05) is 6.42 Å². The number of thiol groups is 1. The molecule has 5 heteroatoms. The maximum atomic E-state index is 10.1. The third-order valence-corrected chi connectivity index (χ3v) is 1.11. The van der Waals surface area contributed by atoms with Gasteiger partial charge < -0.3 is 10.5 Å². The molecule has 0 aromatic carbocycles. The van der Waals surface area contributed by atoms with Crippen LogP contribution in [0.2, 0.25) is 0 Å². The SMILES string of the molecule is NC(=O)C(S)CC=O.[NaH]. The summed E-state index contributed by atoms with van der Waals surface area (Å²) in [5.74, 6) is -0.555. The molecule has 1 amide bonds. The summed E-state index contributed by atoms with van der Waals surface area (Å²) in [6.45, 7) is 0. The van der Waals surface area contributed by atoms with E-state index in [2.05, 4.69) is 12.6 Å². The topological polar surface area (TPSA) is 60.2 Å². The number of aldehydes is 1. The molecule has 0 saturated carbocycles. The molecule has 0 heterocycles. The van der Waals surface area contributed by atoms with Gasteiger partial charge in [-0.05, 0) is 0 Å². The third-order valence-electron chi connectivity index (χ3n) is 0.648. The fourth-order valence-corrected chi connectivity index (χ4v) is 0.293. The number of carbonyl (C=O) groups excluding carboxylic acids is 2. The van der Waals surface area contributed by atoms with E-state index < -0.39 is 11.2 Å². The first kappa shape index (κ1) is 12.2. The Hall–Kier alpha value is 0.490. The first-order valence-corrected chi connectivity index (χ1v) is 2.61. The summed E-state index contributed by atoms with van der Waals surface area (Å²) < 4.78 is 0. The van der Waals surface area contributed by atoms with Gasteiger partial charge in [-0.3, -0.25) is 4.79 Å². The van der Waals surface area contributed by atoms with E-state index in [0.29, 0.717) is 6.29 Å². The third kappa shape index (κ3) is 6.37. The Bertz CT molecular complexity index is 109. The number of primary amides is 1. The van der Waals surface area contributed by atoms with Crippen LogP contribution in [-0.4, -0.2) is 47.0 Å². The first-order chi connectivity index (χ1) is 3.68. The Morgan fingerprint density at radius 3 is 2.33 bits per heavy atom. The molecule has 0 rings (SSSR count). The molecule has 0 aliphatic rings. The number of hydrogen-bond donors (Lipinski definition) is 2. The van der Waals surface area contributed by atoms with Crippen LogP contribution in [0.4, 0.5) is 0 Å². The van der Waals surface area contributed by atoms with Crippen LogP contribution in [0.1, 0.15) is 6.42 Å².